The van der Waals surface area contributed by atoms with Gasteiger partial charge in [0.05, 0.1) is 6.20 Å². The average molecular weight is 129 g/mol. The van der Waals surface area contributed by atoms with Gasteiger partial charge in [0.1, 0.15) is 14.2 Å². The van der Waals surface area contributed by atoms with Gasteiger partial charge in [-0.15, -0.1) is 0 Å². The summed E-state index contributed by atoms with van der Waals surface area (Å²) in [5, 5.41) is 0. The molecule has 2 heterocycles. The normalized spacial score (nSPS) is 10.4. The number of rotatable bonds is 0. The zero-order valence-corrected chi connectivity index (χ0v) is 5.23. The Labute approximate surface area is 59.1 Å². The van der Waals surface area contributed by atoms with Gasteiger partial charge < -0.3 is 0 Å². The summed E-state index contributed by atoms with van der Waals surface area (Å²) in [6.07, 6.45) is 6.73. The van der Waals surface area contributed by atoms with E-state index in [9.17, 15) is 0 Å². The van der Waals surface area contributed by atoms with E-state index in [-0.39, 0.29) is 0 Å². The van der Waals surface area contributed by atoms with Crippen molar-refractivity contribution in [3.8, 4) is 0 Å². The van der Waals surface area contributed by atoms with Crippen LogP contribution in [0.5, 0.6) is 0 Å². The molecule has 0 unspecified atom stereocenters. The molecule has 4 heteroatoms. The first-order valence-electron chi connectivity index (χ1n) is 2.89. The van der Waals surface area contributed by atoms with Gasteiger partial charge in [0.25, 0.3) is 0 Å². The van der Waals surface area contributed by atoms with Crippen molar-refractivity contribution < 1.29 is 0 Å². The van der Waals surface area contributed by atoms with E-state index in [1.165, 1.54) is 0 Å². The van der Waals surface area contributed by atoms with Crippen LogP contribution in [0.1, 0.15) is 0 Å². The predicted octanol–water partition coefficient (Wildman–Crippen LogP) is -0.477. The third kappa shape index (κ3) is 0.691. The summed E-state index contributed by atoms with van der Waals surface area (Å²) in [7, 11) is 5.47. The third-order valence-electron chi connectivity index (χ3n) is 1.28. The van der Waals surface area contributed by atoms with Crippen LogP contribution in [0.2, 0.25) is 0 Å². The summed E-state index contributed by atoms with van der Waals surface area (Å²) in [6, 6.07) is 0. The second-order valence-corrected chi connectivity index (χ2v) is 2.05. The zero-order valence-electron chi connectivity index (χ0n) is 5.23. The molecule has 0 atom stereocenters. The molecular weight excluding hydrogens is 125 g/mol. The highest BCUT2D eigenvalue weighted by atomic mass is 15.0. The molecule has 0 N–H and O–H groups in total. The van der Waals surface area contributed by atoms with Gasteiger partial charge in [-0.25, -0.2) is 9.97 Å². The number of hydrogen-bond acceptors (Lipinski definition) is 2. The van der Waals surface area contributed by atoms with Crippen LogP contribution in [0.25, 0.3) is 5.65 Å². The molecule has 2 radical (unpaired) electrons. The van der Waals surface area contributed by atoms with Crippen molar-refractivity contribution in [2.24, 2.45) is 0 Å². The molecule has 0 bridgehead atoms. The molecule has 10 heavy (non-hydrogen) atoms. The monoisotopic (exact) mass is 129 g/mol. The third-order valence-corrected chi connectivity index (χ3v) is 1.28. The Morgan fingerprint density at radius 3 is 3.20 bits per heavy atom. The van der Waals surface area contributed by atoms with Crippen LogP contribution in [-0.4, -0.2) is 22.2 Å². The van der Waals surface area contributed by atoms with E-state index < -0.39 is 0 Å². The Morgan fingerprint density at radius 1 is 1.40 bits per heavy atom. The Balaban J connectivity index is 2.86. The van der Waals surface area contributed by atoms with Crippen LogP contribution in [0.4, 0.5) is 0 Å². The maximum atomic E-state index is 5.47. The number of aromatic nitrogens is 3. The van der Waals surface area contributed by atoms with E-state index in [0.717, 1.165) is 5.65 Å². The highest BCUT2D eigenvalue weighted by Crippen LogP contribution is 1.91. The SMILES string of the molecule is [B]c1cnc2cncn2c1. The van der Waals surface area contributed by atoms with Gasteiger partial charge in [0.2, 0.25) is 0 Å². The predicted molar refractivity (Wildman–Crippen MR) is 38.4 cm³/mol. The average Bonchev–Trinajstić information content (AvgIpc) is 2.33. The van der Waals surface area contributed by atoms with Crippen LogP contribution >= 0.6 is 0 Å². The molecule has 2 aromatic rings. The number of fused-ring (bicyclic) bond motifs is 1. The molecule has 0 spiro atoms. The summed E-state index contributed by atoms with van der Waals surface area (Å²) < 4.78 is 1.77. The van der Waals surface area contributed by atoms with Crippen molar-refractivity contribution in [2.75, 3.05) is 0 Å². The van der Waals surface area contributed by atoms with Crippen LogP contribution in [0.15, 0.2) is 24.9 Å². The zero-order chi connectivity index (χ0) is 6.97. The molecule has 0 aliphatic carbocycles. The maximum Gasteiger partial charge on any atom is 0.156 e. The van der Waals surface area contributed by atoms with Gasteiger partial charge >= 0.3 is 0 Å². The molecule has 2 rings (SSSR count). The fraction of sp³-hybridized carbons (Fsp3) is 0. The molecule has 0 saturated carbocycles. The largest absolute Gasteiger partial charge is 0.291 e. The lowest BCUT2D eigenvalue weighted by Gasteiger charge is -1.92. The minimum atomic E-state index is 0.644. The van der Waals surface area contributed by atoms with Crippen LogP contribution in [0.3, 0.4) is 0 Å². The number of imidazole rings is 1. The Hall–Kier alpha value is -1.32. The van der Waals surface area contributed by atoms with Crippen molar-refractivity contribution in [1.82, 2.24) is 14.4 Å². The van der Waals surface area contributed by atoms with Crippen LogP contribution in [-0.2, 0) is 0 Å². The minimum absolute atomic E-state index is 0.644. The molecule has 0 aliphatic heterocycles. The van der Waals surface area contributed by atoms with E-state index in [4.69, 9.17) is 7.85 Å². The van der Waals surface area contributed by atoms with Crippen molar-refractivity contribution >= 4 is 19.0 Å². The van der Waals surface area contributed by atoms with Crippen molar-refractivity contribution in [3.05, 3.63) is 24.9 Å². The van der Waals surface area contributed by atoms with Gasteiger partial charge in [-0.2, -0.15) is 0 Å². The van der Waals surface area contributed by atoms with Gasteiger partial charge in [0.15, 0.2) is 5.65 Å². The molecule has 0 fully saturated rings. The van der Waals surface area contributed by atoms with Gasteiger partial charge in [-0.3, -0.25) is 4.40 Å². The summed E-state index contributed by atoms with van der Waals surface area (Å²) in [4.78, 5) is 7.90. The Morgan fingerprint density at radius 2 is 2.30 bits per heavy atom. The van der Waals surface area contributed by atoms with Crippen molar-refractivity contribution in [3.63, 3.8) is 0 Å². The van der Waals surface area contributed by atoms with Crippen LogP contribution < -0.4 is 5.46 Å². The lowest BCUT2D eigenvalue weighted by Crippen LogP contribution is -2.05. The van der Waals surface area contributed by atoms with Crippen molar-refractivity contribution in [1.29, 1.82) is 0 Å². The molecule has 0 aliphatic rings. The topological polar surface area (TPSA) is 30.2 Å². The number of hydrogen-bond donors (Lipinski definition) is 0. The Bertz CT molecular complexity index is 355. The summed E-state index contributed by atoms with van der Waals surface area (Å²) in [5.41, 5.74) is 1.46. The smallest absolute Gasteiger partial charge is 0.156 e. The first-order chi connectivity index (χ1) is 4.86. The van der Waals surface area contributed by atoms with Gasteiger partial charge in [-0.05, 0) is 0 Å². The van der Waals surface area contributed by atoms with Gasteiger partial charge in [0, 0.05) is 12.4 Å². The molecule has 0 saturated heterocycles. The van der Waals surface area contributed by atoms with Gasteiger partial charge in [-0.1, -0.05) is 5.46 Å². The molecule has 0 aromatic carbocycles. The highest BCUT2D eigenvalue weighted by Gasteiger charge is 1.90. The Kier molecular flexibility index (Phi) is 1.00. The van der Waals surface area contributed by atoms with E-state index in [1.807, 2.05) is 0 Å². The highest BCUT2D eigenvalue weighted by molar-refractivity contribution is 6.31. The quantitative estimate of drug-likeness (QED) is 0.450. The summed E-state index contributed by atoms with van der Waals surface area (Å²) in [6.45, 7) is 0. The standard InChI is InChI=1S/C6H4BN3/c7-5-1-9-6-2-8-4-10(6)3-5/h1-4H. The molecular formula is C6H4BN3. The van der Waals surface area contributed by atoms with E-state index in [1.54, 1.807) is 29.3 Å². The van der Waals surface area contributed by atoms with E-state index >= 15 is 0 Å². The second-order valence-electron chi connectivity index (χ2n) is 2.05. The van der Waals surface area contributed by atoms with Crippen LogP contribution in [0, 0.1) is 0 Å². The molecule has 3 nitrogen and oxygen atoms in total. The van der Waals surface area contributed by atoms with E-state index in [2.05, 4.69) is 9.97 Å². The second kappa shape index (κ2) is 1.83. The van der Waals surface area contributed by atoms with Crippen molar-refractivity contribution in [2.45, 2.75) is 0 Å². The fourth-order valence-electron chi connectivity index (χ4n) is 0.832. The first kappa shape index (κ1) is 5.47. The lowest BCUT2D eigenvalue weighted by molar-refractivity contribution is 1.12. The maximum absolute atomic E-state index is 5.47. The molecule has 0 amide bonds. The fourth-order valence-corrected chi connectivity index (χ4v) is 0.832. The minimum Gasteiger partial charge on any atom is -0.291 e. The lowest BCUT2D eigenvalue weighted by atomic mass is 10.0. The molecule has 2 aromatic heterocycles. The van der Waals surface area contributed by atoms with E-state index in [0.29, 0.717) is 5.46 Å². The number of nitrogens with zero attached hydrogens (tertiary/aromatic N) is 3. The summed E-state index contributed by atoms with van der Waals surface area (Å²) in [5.74, 6) is 0. The molecule has 46 valence electrons. The first-order valence-corrected chi connectivity index (χ1v) is 2.89. The summed E-state index contributed by atoms with van der Waals surface area (Å²) >= 11 is 0.